The highest BCUT2D eigenvalue weighted by atomic mass is 16.2. The highest BCUT2D eigenvalue weighted by Gasteiger charge is 2.27. The van der Waals surface area contributed by atoms with E-state index in [0.717, 1.165) is 44.2 Å². The van der Waals surface area contributed by atoms with Crippen molar-refractivity contribution in [2.45, 2.75) is 89.5 Å². The summed E-state index contributed by atoms with van der Waals surface area (Å²) < 4.78 is 2.18. The first-order valence-corrected chi connectivity index (χ1v) is 11.0. The van der Waals surface area contributed by atoms with Gasteiger partial charge >= 0.3 is 0 Å². The number of likely N-dealkylation sites (N-methyl/N-ethyl adjacent to an activating group) is 1. The van der Waals surface area contributed by atoms with Gasteiger partial charge in [0.1, 0.15) is 0 Å². The molecule has 0 bridgehead atoms. The van der Waals surface area contributed by atoms with Crippen LogP contribution in [0.25, 0.3) is 0 Å². The van der Waals surface area contributed by atoms with Gasteiger partial charge in [0.15, 0.2) is 0 Å². The van der Waals surface area contributed by atoms with Gasteiger partial charge < -0.3 is 5.32 Å². The summed E-state index contributed by atoms with van der Waals surface area (Å²) in [7, 11) is 2.06. The van der Waals surface area contributed by atoms with Gasteiger partial charge in [0.2, 0.25) is 5.91 Å². The SMILES string of the molecule is CN1CCCCC1C(=O)NCc1cc2n(n1)CCCN(C1CCCCC1)C2. The maximum atomic E-state index is 12.5. The molecule has 2 fully saturated rings. The van der Waals surface area contributed by atoms with Crippen LogP contribution in [-0.2, 0) is 24.4 Å². The monoisotopic (exact) mass is 373 g/mol. The third-order valence-corrected chi connectivity index (χ3v) is 6.70. The van der Waals surface area contributed by atoms with Crippen LogP contribution in [0.15, 0.2) is 6.07 Å². The van der Waals surface area contributed by atoms with Gasteiger partial charge in [-0.05, 0) is 51.8 Å². The number of hydrogen-bond donors (Lipinski definition) is 1. The standard InChI is InChI=1S/C21H35N5O/c1-24-11-6-5-10-20(24)21(27)22-15-17-14-19-16-25(12-7-13-26(19)23-17)18-8-3-2-4-9-18/h14,18,20H,2-13,15-16H2,1H3,(H,22,27). The van der Waals surface area contributed by atoms with E-state index in [1.807, 2.05) is 0 Å². The Balaban J connectivity index is 1.35. The summed E-state index contributed by atoms with van der Waals surface area (Å²) in [6, 6.07) is 3.00. The molecule has 3 aliphatic rings. The second kappa shape index (κ2) is 8.74. The molecule has 1 atom stereocenters. The van der Waals surface area contributed by atoms with E-state index in [2.05, 4.69) is 32.9 Å². The summed E-state index contributed by atoms with van der Waals surface area (Å²) in [5, 5.41) is 7.92. The number of aryl methyl sites for hydroxylation is 1. The van der Waals surface area contributed by atoms with Crippen LogP contribution in [0.5, 0.6) is 0 Å². The average Bonchev–Trinajstić information content (AvgIpc) is 2.97. The number of nitrogens with zero attached hydrogens (tertiary/aromatic N) is 4. The van der Waals surface area contributed by atoms with Crippen molar-refractivity contribution in [1.82, 2.24) is 24.9 Å². The third kappa shape index (κ3) is 4.54. The number of likely N-dealkylation sites (tertiary alicyclic amines) is 1. The average molecular weight is 374 g/mol. The molecule has 150 valence electrons. The van der Waals surface area contributed by atoms with Crippen LogP contribution in [0.4, 0.5) is 0 Å². The van der Waals surface area contributed by atoms with Gasteiger partial charge in [0.05, 0.1) is 24.0 Å². The summed E-state index contributed by atoms with van der Waals surface area (Å²) in [5.74, 6) is 0.157. The van der Waals surface area contributed by atoms with E-state index < -0.39 is 0 Å². The number of rotatable bonds is 4. The maximum absolute atomic E-state index is 12.5. The second-order valence-electron chi connectivity index (χ2n) is 8.68. The summed E-state index contributed by atoms with van der Waals surface area (Å²) >= 11 is 0. The minimum Gasteiger partial charge on any atom is -0.349 e. The van der Waals surface area contributed by atoms with Crippen LogP contribution in [0.1, 0.15) is 69.2 Å². The van der Waals surface area contributed by atoms with E-state index in [0.29, 0.717) is 6.54 Å². The van der Waals surface area contributed by atoms with Gasteiger partial charge in [-0.1, -0.05) is 25.7 Å². The van der Waals surface area contributed by atoms with Crippen LogP contribution < -0.4 is 5.32 Å². The van der Waals surface area contributed by atoms with E-state index >= 15 is 0 Å². The molecule has 1 unspecified atom stereocenters. The van der Waals surface area contributed by atoms with Gasteiger partial charge in [0, 0.05) is 25.7 Å². The summed E-state index contributed by atoms with van der Waals surface area (Å²) in [5.41, 5.74) is 2.32. The topological polar surface area (TPSA) is 53.4 Å². The van der Waals surface area contributed by atoms with Crippen molar-refractivity contribution in [2.24, 2.45) is 0 Å². The lowest BCUT2D eigenvalue weighted by molar-refractivity contribution is -0.127. The van der Waals surface area contributed by atoms with Crippen molar-refractivity contribution in [3.63, 3.8) is 0 Å². The van der Waals surface area contributed by atoms with E-state index in [4.69, 9.17) is 5.10 Å². The van der Waals surface area contributed by atoms with Crippen molar-refractivity contribution in [2.75, 3.05) is 20.1 Å². The number of hydrogen-bond acceptors (Lipinski definition) is 4. The quantitative estimate of drug-likeness (QED) is 0.881. The molecule has 1 N–H and O–H groups in total. The van der Waals surface area contributed by atoms with E-state index in [1.54, 1.807) is 0 Å². The molecule has 1 saturated carbocycles. The van der Waals surface area contributed by atoms with Crippen molar-refractivity contribution in [1.29, 1.82) is 0 Å². The van der Waals surface area contributed by atoms with Crippen molar-refractivity contribution >= 4 is 5.91 Å². The van der Waals surface area contributed by atoms with Gasteiger partial charge in [0.25, 0.3) is 0 Å². The molecule has 4 rings (SSSR count). The molecular formula is C21H35N5O. The number of carbonyl (C=O) groups is 1. The zero-order valence-corrected chi connectivity index (χ0v) is 16.8. The number of amides is 1. The fourth-order valence-corrected chi connectivity index (χ4v) is 5.09. The Morgan fingerprint density at radius 1 is 1.07 bits per heavy atom. The predicted octanol–water partition coefficient (Wildman–Crippen LogP) is 2.52. The second-order valence-corrected chi connectivity index (χ2v) is 8.68. The number of carbonyl (C=O) groups excluding carboxylic acids is 1. The molecule has 1 aromatic rings. The first-order valence-electron chi connectivity index (χ1n) is 11.0. The smallest absolute Gasteiger partial charge is 0.237 e. The zero-order valence-electron chi connectivity index (χ0n) is 16.8. The minimum atomic E-state index is 0.0287. The van der Waals surface area contributed by atoms with Gasteiger partial charge in [-0.25, -0.2) is 0 Å². The first kappa shape index (κ1) is 18.9. The molecule has 1 amide bonds. The molecule has 0 spiro atoms. The van der Waals surface area contributed by atoms with Crippen molar-refractivity contribution in [3.8, 4) is 0 Å². The Bertz CT molecular complexity index is 637. The molecule has 3 heterocycles. The highest BCUT2D eigenvalue weighted by Crippen LogP contribution is 2.26. The van der Waals surface area contributed by atoms with Crippen molar-refractivity contribution in [3.05, 3.63) is 17.5 Å². The lowest BCUT2D eigenvalue weighted by atomic mass is 9.94. The molecule has 6 nitrogen and oxygen atoms in total. The Labute approximate surface area is 163 Å². The maximum Gasteiger partial charge on any atom is 0.237 e. The van der Waals surface area contributed by atoms with Crippen molar-refractivity contribution < 1.29 is 4.79 Å². The third-order valence-electron chi connectivity index (χ3n) is 6.70. The predicted molar refractivity (Wildman–Crippen MR) is 106 cm³/mol. The van der Waals surface area contributed by atoms with Crippen LogP contribution in [-0.4, -0.2) is 57.7 Å². The number of aromatic nitrogens is 2. The van der Waals surface area contributed by atoms with Gasteiger partial charge in [-0.15, -0.1) is 0 Å². The summed E-state index contributed by atoms with van der Waals surface area (Å²) in [6.07, 6.45) is 11.4. The molecule has 27 heavy (non-hydrogen) atoms. The normalized spacial score (nSPS) is 25.7. The molecule has 0 aromatic carbocycles. The fourth-order valence-electron chi connectivity index (χ4n) is 5.09. The largest absolute Gasteiger partial charge is 0.349 e. The Hall–Kier alpha value is -1.40. The first-order chi connectivity index (χ1) is 13.2. The van der Waals surface area contributed by atoms with Gasteiger partial charge in [-0.3, -0.25) is 19.3 Å². The van der Waals surface area contributed by atoms with Crippen LogP contribution in [0, 0.1) is 0 Å². The minimum absolute atomic E-state index is 0.0287. The molecule has 2 aliphatic heterocycles. The molecule has 6 heteroatoms. The summed E-state index contributed by atoms with van der Waals surface area (Å²) in [4.78, 5) is 17.4. The van der Waals surface area contributed by atoms with Gasteiger partial charge in [-0.2, -0.15) is 5.10 Å². The van der Waals surface area contributed by atoms with Crippen LogP contribution >= 0.6 is 0 Å². The number of fused-ring (bicyclic) bond motifs is 1. The Morgan fingerprint density at radius 3 is 2.70 bits per heavy atom. The fraction of sp³-hybridized carbons (Fsp3) is 0.810. The highest BCUT2D eigenvalue weighted by molar-refractivity contribution is 5.81. The molecule has 1 saturated heterocycles. The molecule has 1 aliphatic carbocycles. The molecule has 1 aromatic heterocycles. The lowest BCUT2D eigenvalue weighted by Gasteiger charge is -2.33. The molecular weight excluding hydrogens is 338 g/mol. The Kier molecular flexibility index (Phi) is 6.13. The van der Waals surface area contributed by atoms with E-state index in [9.17, 15) is 4.79 Å². The van der Waals surface area contributed by atoms with Crippen LogP contribution in [0.2, 0.25) is 0 Å². The zero-order chi connectivity index (χ0) is 18.6. The van der Waals surface area contributed by atoms with Crippen LogP contribution in [0.3, 0.4) is 0 Å². The Morgan fingerprint density at radius 2 is 1.89 bits per heavy atom. The number of nitrogens with one attached hydrogen (secondary N) is 1. The number of piperidine rings is 1. The van der Waals surface area contributed by atoms with E-state index in [-0.39, 0.29) is 11.9 Å². The van der Waals surface area contributed by atoms with E-state index in [1.165, 1.54) is 57.2 Å². The lowest BCUT2D eigenvalue weighted by Crippen LogP contribution is -2.47. The summed E-state index contributed by atoms with van der Waals surface area (Å²) in [6.45, 7) is 4.77. The molecule has 0 radical (unpaired) electrons.